The lowest BCUT2D eigenvalue weighted by Gasteiger charge is -2.30. The van der Waals surface area contributed by atoms with Crippen LogP contribution in [0.3, 0.4) is 0 Å². The quantitative estimate of drug-likeness (QED) is 0.601. The lowest BCUT2D eigenvalue weighted by atomic mass is 9.99. The van der Waals surface area contributed by atoms with Crippen molar-refractivity contribution < 1.29 is 17.6 Å². The summed E-state index contributed by atoms with van der Waals surface area (Å²) in [6.07, 6.45) is 1.20. The molecule has 0 radical (unpaired) electrons. The summed E-state index contributed by atoms with van der Waals surface area (Å²) in [6, 6.07) is 10.8. The molecule has 10 heteroatoms. The minimum atomic E-state index is -3.55. The maximum Gasteiger partial charge on any atom is 0.286 e. The molecule has 0 aliphatic carbocycles. The van der Waals surface area contributed by atoms with Crippen LogP contribution in [0.4, 0.5) is 10.1 Å². The summed E-state index contributed by atoms with van der Waals surface area (Å²) < 4.78 is 40.8. The van der Waals surface area contributed by atoms with Crippen LogP contribution in [0.5, 0.6) is 0 Å². The van der Waals surface area contributed by atoms with Gasteiger partial charge in [0.25, 0.3) is 5.91 Å². The monoisotopic (exact) mass is 474 g/mol. The highest BCUT2D eigenvalue weighted by Crippen LogP contribution is 2.32. The zero-order valence-corrected chi connectivity index (χ0v) is 19.3. The summed E-state index contributed by atoms with van der Waals surface area (Å²) >= 11 is 1.18. The molecule has 1 aliphatic rings. The average molecular weight is 475 g/mol. The summed E-state index contributed by atoms with van der Waals surface area (Å²) in [4.78, 5) is 12.7. The number of benzene rings is 2. The number of aryl methyl sites for hydroxylation is 2. The van der Waals surface area contributed by atoms with Gasteiger partial charge in [-0.3, -0.25) is 4.79 Å². The first-order chi connectivity index (χ1) is 15.2. The number of anilines is 1. The molecule has 1 fully saturated rings. The number of amides is 1. The number of halogens is 1. The van der Waals surface area contributed by atoms with Gasteiger partial charge in [0.15, 0.2) is 0 Å². The van der Waals surface area contributed by atoms with E-state index in [1.165, 1.54) is 33.8 Å². The standard InChI is InChI=1S/C22H23FN4O3S2/c1-14-6-7-19(12-15(14)2)32(29,30)27-10-8-16(9-11-27)21-25-26-22(31-21)20(28)24-18-5-3-4-17(23)13-18/h3-7,12-13,16H,8-11H2,1-2H3,(H,24,28). The van der Waals surface area contributed by atoms with Crippen molar-refractivity contribution in [1.82, 2.24) is 14.5 Å². The van der Waals surface area contributed by atoms with E-state index in [1.54, 1.807) is 18.2 Å². The smallest absolute Gasteiger partial charge is 0.286 e. The molecule has 0 spiro atoms. The van der Waals surface area contributed by atoms with E-state index in [2.05, 4.69) is 15.5 Å². The van der Waals surface area contributed by atoms with Crippen molar-refractivity contribution in [2.24, 2.45) is 0 Å². The van der Waals surface area contributed by atoms with Crippen molar-refractivity contribution in [2.75, 3.05) is 18.4 Å². The Kier molecular flexibility index (Phi) is 6.36. The molecular formula is C22H23FN4O3S2. The van der Waals surface area contributed by atoms with E-state index >= 15 is 0 Å². The Hall–Kier alpha value is -2.69. The van der Waals surface area contributed by atoms with Gasteiger partial charge in [-0.15, -0.1) is 10.2 Å². The minimum Gasteiger partial charge on any atom is -0.320 e. The van der Waals surface area contributed by atoms with Gasteiger partial charge in [0.1, 0.15) is 10.8 Å². The fourth-order valence-electron chi connectivity index (χ4n) is 3.61. The normalized spacial score (nSPS) is 15.6. The predicted molar refractivity (Wildman–Crippen MR) is 121 cm³/mol. The Morgan fingerprint density at radius 2 is 1.84 bits per heavy atom. The van der Waals surface area contributed by atoms with Crippen molar-refractivity contribution in [2.45, 2.75) is 37.5 Å². The number of rotatable bonds is 5. The molecule has 0 saturated carbocycles. The number of nitrogens with zero attached hydrogens (tertiary/aromatic N) is 3. The van der Waals surface area contributed by atoms with E-state index in [0.717, 1.165) is 11.1 Å². The first-order valence-corrected chi connectivity index (χ1v) is 12.5. The molecule has 7 nitrogen and oxygen atoms in total. The third kappa shape index (κ3) is 4.72. The van der Waals surface area contributed by atoms with Crippen molar-refractivity contribution in [3.63, 3.8) is 0 Å². The molecule has 2 heterocycles. The zero-order valence-electron chi connectivity index (χ0n) is 17.7. The van der Waals surface area contributed by atoms with Crippen LogP contribution in [0.25, 0.3) is 0 Å². The maximum absolute atomic E-state index is 13.3. The molecule has 32 heavy (non-hydrogen) atoms. The fraction of sp³-hybridized carbons (Fsp3) is 0.318. The van der Waals surface area contributed by atoms with Gasteiger partial charge in [0.05, 0.1) is 4.90 Å². The number of aromatic nitrogens is 2. The van der Waals surface area contributed by atoms with Gasteiger partial charge >= 0.3 is 0 Å². The number of hydrogen-bond acceptors (Lipinski definition) is 6. The van der Waals surface area contributed by atoms with E-state index < -0.39 is 21.7 Å². The number of nitrogens with one attached hydrogen (secondary N) is 1. The molecule has 1 amide bonds. The molecule has 3 aromatic rings. The van der Waals surface area contributed by atoms with Crippen molar-refractivity contribution >= 4 is 33.0 Å². The Morgan fingerprint density at radius 1 is 1.09 bits per heavy atom. The highest BCUT2D eigenvalue weighted by Gasteiger charge is 2.31. The van der Waals surface area contributed by atoms with E-state index in [4.69, 9.17) is 0 Å². The highest BCUT2D eigenvalue weighted by atomic mass is 32.2. The van der Waals surface area contributed by atoms with Gasteiger partial charge in [-0.2, -0.15) is 4.31 Å². The molecule has 0 atom stereocenters. The van der Waals surface area contributed by atoms with Crippen LogP contribution in [-0.4, -0.2) is 41.9 Å². The predicted octanol–water partition coefficient (Wildman–Crippen LogP) is 4.11. The van der Waals surface area contributed by atoms with E-state index in [0.29, 0.717) is 41.5 Å². The Bertz CT molecular complexity index is 1250. The second-order valence-electron chi connectivity index (χ2n) is 7.83. The largest absolute Gasteiger partial charge is 0.320 e. The molecule has 0 bridgehead atoms. The average Bonchev–Trinajstić information content (AvgIpc) is 3.26. The Morgan fingerprint density at radius 3 is 2.53 bits per heavy atom. The number of sulfonamides is 1. The highest BCUT2D eigenvalue weighted by molar-refractivity contribution is 7.89. The summed E-state index contributed by atoms with van der Waals surface area (Å²) in [5, 5.41) is 11.6. The summed E-state index contributed by atoms with van der Waals surface area (Å²) in [6.45, 7) is 4.61. The van der Waals surface area contributed by atoms with Gasteiger partial charge in [-0.1, -0.05) is 23.5 Å². The maximum atomic E-state index is 13.3. The first-order valence-electron chi connectivity index (χ1n) is 10.2. The fourth-order valence-corrected chi connectivity index (χ4v) is 6.07. The van der Waals surface area contributed by atoms with Crippen LogP contribution >= 0.6 is 11.3 Å². The van der Waals surface area contributed by atoms with E-state index in [9.17, 15) is 17.6 Å². The minimum absolute atomic E-state index is 0.0365. The van der Waals surface area contributed by atoms with Crippen LogP contribution in [0.15, 0.2) is 47.4 Å². The molecule has 4 rings (SSSR count). The van der Waals surface area contributed by atoms with Gasteiger partial charge in [-0.25, -0.2) is 12.8 Å². The summed E-state index contributed by atoms with van der Waals surface area (Å²) in [5.74, 6) is -0.855. The Balaban J connectivity index is 1.40. The first kappa shape index (κ1) is 22.5. The van der Waals surface area contributed by atoms with Gasteiger partial charge in [-0.05, 0) is 68.1 Å². The summed E-state index contributed by atoms with van der Waals surface area (Å²) in [7, 11) is -3.55. The number of carbonyl (C=O) groups excluding carboxylic acids is 1. The lowest BCUT2D eigenvalue weighted by molar-refractivity contribution is 0.102. The van der Waals surface area contributed by atoms with Crippen molar-refractivity contribution in [3.05, 3.63) is 69.4 Å². The van der Waals surface area contributed by atoms with Gasteiger partial charge < -0.3 is 5.32 Å². The molecular weight excluding hydrogens is 451 g/mol. The SMILES string of the molecule is Cc1ccc(S(=O)(=O)N2CCC(c3nnc(C(=O)Nc4cccc(F)c4)s3)CC2)cc1C. The number of piperidine rings is 1. The number of carbonyl (C=O) groups is 1. The molecule has 168 valence electrons. The zero-order chi connectivity index (χ0) is 22.9. The second-order valence-corrected chi connectivity index (χ2v) is 10.8. The Labute approximate surface area is 190 Å². The molecule has 1 aliphatic heterocycles. The lowest BCUT2D eigenvalue weighted by Crippen LogP contribution is -2.37. The van der Waals surface area contributed by atoms with Crippen LogP contribution in [0.2, 0.25) is 0 Å². The van der Waals surface area contributed by atoms with Crippen LogP contribution in [0.1, 0.15) is 44.7 Å². The number of hydrogen-bond donors (Lipinski definition) is 1. The third-order valence-corrected chi connectivity index (χ3v) is 8.62. The van der Waals surface area contributed by atoms with Crippen molar-refractivity contribution in [3.8, 4) is 0 Å². The molecule has 2 aromatic carbocycles. The van der Waals surface area contributed by atoms with Gasteiger partial charge in [0, 0.05) is 24.7 Å². The van der Waals surface area contributed by atoms with Crippen LogP contribution < -0.4 is 5.32 Å². The van der Waals surface area contributed by atoms with Crippen LogP contribution in [-0.2, 0) is 10.0 Å². The van der Waals surface area contributed by atoms with Crippen LogP contribution in [0, 0.1) is 19.7 Å². The van der Waals surface area contributed by atoms with E-state index in [-0.39, 0.29) is 10.9 Å². The van der Waals surface area contributed by atoms with Gasteiger partial charge in [0.2, 0.25) is 15.0 Å². The van der Waals surface area contributed by atoms with Crippen molar-refractivity contribution in [1.29, 1.82) is 0 Å². The second kappa shape index (κ2) is 9.05. The molecule has 1 saturated heterocycles. The third-order valence-electron chi connectivity index (χ3n) is 5.64. The molecule has 1 aromatic heterocycles. The summed E-state index contributed by atoms with van der Waals surface area (Å²) in [5.41, 5.74) is 2.34. The molecule has 0 unspecified atom stereocenters. The van der Waals surface area contributed by atoms with E-state index in [1.807, 2.05) is 19.9 Å². The topological polar surface area (TPSA) is 92.3 Å². The molecule has 1 N–H and O–H groups in total.